The lowest BCUT2D eigenvalue weighted by molar-refractivity contribution is 0.378. The molecule has 1 heterocycles. The summed E-state index contributed by atoms with van der Waals surface area (Å²) in [6.45, 7) is 1.46. The van der Waals surface area contributed by atoms with Gasteiger partial charge in [0.25, 0.3) is 0 Å². The lowest BCUT2D eigenvalue weighted by Gasteiger charge is -2.11. The summed E-state index contributed by atoms with van der Waals surface area (Å²) in [5.74, 6) is 1.89. The van der Waals surface area contributed by atoms with Crippen LogP contribution in [0.3, 0.4) is 0 Å². The first kappa shape index (κ1) is 18.9. The van der Waals surface area contributed by atoms with E-state index in [2.05, 4.69) is 37.9 Å². The fraction of sp³-hybridized carbons (Fsp3) is 0.250. The Bertz CT molecular complexity index is 862. The Hall–Kier alpha value is -2.86. The number of aliphatic imine (C=N–C) groups is 1. The minimum Gasteiger partial charge on any atom is -0.356 e. The standard InChI is InChI=1S/C20H22ClN5O/c1-22-20(23-13-11-15-5-3-2-4-6-15)24-14-12-18-25-19(26-27-18)16-7-9-17(21)10-8-16/h2-10H,11-14H2,1H3,(H2,22,23,24). The van der Waals surface area contributed by atoms with Gasteiger partial charge in [0.15, 0.2) is 5.96 Å². The fourth-order valence-electron chi connectivity index (χ4n) is 2.55. The van der Waals surface area contributed by atoms with Gasteiger partial charge in [0, 0.05) is 37.1 Å². The molecule has 0 aliphatic carbocycles. The topological polar surface area (TPSA) is 75.3 Å². The average molecular weight is 384 g/mol. The van der Waals surface area contributed by atoms with Crippen LogP contribution in [0.15, 0.2) is 64.1 Å². The molecule has 0 amide bonds. The third kappa shape index (κ3) is 5.82. The predicted molar refractivity (Wildman–Crippen MR) is 108 cm³/mol. The number of aromatic nitrogens is 2. The number of rotatable bonds is 7. The zero-order valence-electron chi connectivity index (χ0n) is 15.2. The Morgan fingerprint density at radius 2 is 1.70 bits per heavy atom. The molecule has 0 saturated carbocycles. The third-order valence-electron chi connectivity index (χ3n) is 3.97. The van der Waals surface area contributed by atoms with Crippen LogP contribution in [0.5, 0.6) is 0 Å². The maximum Gasteiger partial charge on any atom is 0.228 e. The molecule has 6 nitrogen and oxygen atoms in total. The summed E-state index contributed by atoms with van der Waals surface area (Å²) < 4.78 is 5.31. The minimum atomic E-state index is 0.562. The van der Waals surface area contributed by atoms with Crippen molar-refractivity contribution in [3.63, 3.8) is 0 Å². The molecule has 0 unspecified atom stereocenters. The highest BCUT2D eigenvalue weighted by molar-refractivity contribution is 6.30. The van der Waals surface area contributed by atoms with Gasteiger partial charge in [-0.15, -0.1) is 0 Å². The van der Waals surface area contributed by atoms with Gasteiger partial charge in [-0.05, 0) is 36.2 Å². The molecule has 27 heavy (non-hydrogen) atoms. The Morgan fingerprint density at radius 1 is 1.00 bits per heavy atom. The molecule has 0 radical (unpaired) electrons. The van der Waals surface area contributed by atoms with Crippen molar-refractivity contribution in [2.24, 2.45) is 4.99 Å². The van der Waals surface area contributed by atoms with Gasteiger partial charge in [-0.3, -0.25) is 4.99 Å². The third-order valence-corrected chi connectivity index (χ3v) is 4.23. The van der Waals surface area contributed by atoms with Gasteiger partial charge in [0.2, 0.25) is 11.7 Å². The van der Waals surface area contributed by atoms with Crippen molar-refractivity contribution in [2.75, 3.05) is 20.1 Å². The quantitative estimate of drug-likeness (QED) is 0.483. The lowest BCUT2D eigenvalue weighted by atomic mass is 10.1. The van der Waals surface area contributed by atoms with E-state index < -0.39 is 0 Å². The van der Waals surface area contributed by atoms with Gasteiger partial charge in [-0.1, -0.05) is 47.1 Å². The summed E-state index contributed by atoms with van der Waals surface area (Å²) in [5.41, 5.74) is 2.17. The molecule has 2 N–H and O–H groups in total. The zero-order valence-corrected chi connectivity index (χ0v) is 15.9. The first-order valence-electron chi connectivity index (χ1n) is 8.81. The van der Waals surface area contributed by atoms with Crippen LogP contribution in [-0.4, -0.2) is 36.2 Å². The summed E-state index contributed by atoms with van der Waals surface area (Å²) in [6, 6.07) is 17.7. The molecule has 3 aromatic rings. The van der Waals surface area contributed by atoms with Crippen LogP contribution >= 0.6 is 11.6 Å². The summed E-state index contributed by atoms with van der Waals surface area (Å²) in [5, 5.41) is 11.2. The van der Waals surface area contributed by atoms with Crippen molar-refractivity contribution in [3.05, 3.63) is 71.1 Å². The molecule has 0 bridgehead atoms. The van der Waals surface area contributed by atoms with Crippen molar-refractivity contribution in [1.29, 1.82) is 0 Å². The predicted octanol–water partition coefficient (Wildman–Crippen LogP) is 3.34. The summed E-state index contributed by atoms with van der Waals surface area (Å²) in [4.78, 5) is 8.64. The molecule has 140 valence electrons. The van der Waals surface area contributed by atoms with Gasteiger partial charge in [0.05, 0.1) is 0 Å². The average Bonchev–Trinajstić information content (AvgIpc) is 3.17. The van der Waals surface area contributed by atoms with Crippen LogP contribution in [-0.2, 0) is 12.8 Å². The van der Waals surface area contributed by atoms with Gasteiger partial charge in [-0.25, -0.2) is 0 Å². The van der Waals surface area contributed by atoms with Crippen molar-refractivity contribution in [2.45, 2.75) is 12.8 Å². The number of hydrogen-bond donors (Lipinski definition) is 2. The lowest BCUT2D eigenvalue weighted by Crippen LogP contribution is -2.39. The maximum atomic E-state index is 5.90. The highest BCUT2D eigenvalue weighted by Crippen LogP contribution is 2.18. The summed E-state index contributed by atoms with van der Waals surface area (Å²) in [6.07, 6.45) is 1.55. The second-order valence-electron chi connectivity index (χ2n) is 5.93. The van der Waals surface area contributed by atoms with Gasteiger partial charge in [0.1, 0.15) is 0 Å². The Balaban J connectivity index is 1.42. The van der Waals surface area contributed by atoms with E-state index in [1.54, 1.807) is 19.2 Å². The number of hydrogen-bond acceptors (Lipinski definition) is 4. The summed E-state index contributed by atoms with van der Waals surface area (Å²) >= 11 is 5.90. The SMILES string of the molecule is CN=C(NCCc1ccccc1)NCCc1nc(-c2ccc(Cl)cc2)no1. The second-order valence-corrected chi connectivity index (χ2v) is 6.37. The molecule has 7 heteroatoms. The smallest absolute Gasteiger partial charge is 0.228 e. The normalized spacial score (nSPS) is 11.4. The Morgan fingerprint density at radius 3 is 2.41 bits per heavy atom. The largest absolute Gasteiger partial charge is 0.356 e. The molecule has 0 aliphatic rings. The van der Waals surface area contributed by atoms with E-state index in [9.17, 15) is 0 Å². The van der Waals surface area contributed by atoms with Gasteiger partial charge >= 0.3 is 0 Å². The van der Waals surface area contributed by atoms with E-state index in [1.807, 2.05) is 30.3 Å². The highest BCUT2D eigenvalue weighted by Gasteiger charge is 2.08. The second kappa shape index (κ2) is 9.73. The molecule has 3 rings (SSSR count). The van der Waals surface area contributed by atoms with Crippen LogP contribution in [0.1, 0.15) is 11.5 Å². The van der Waals surface area contributed by atoms with Crippen LogP contribution in [0.2, 0.25) is 5.02 Å². The number of nitrogens with one attached hydrogen (secondary N) is 2. The van der Waals surface area contributed by atoms with E-state index in [0.29, 0.717) is 29.7 Å². The van der Waals surface area contributed by atoms with Gasteiger partial charge in [-0.2, -0.15) is 4.98 Å². The molecule has 0 fully saturated rings. The molecular weight excluding hydrogens is 362 g/mol. The Kier molecular flexibility index (Phi) is 6.82. The van der Waals surface area contributed by atoms with E-state index >= 15 is 0 Å². The van der Waals surface area contributed by atoms with E-state index in [-0.39, 0.29) is 0 Å². The monoisotopic (exact) mass is 383 g/mol. The molecule has 0 atom stereocenters. The molecule has 1 aromatic heterocycles. The van der Waals surface area contributed by atoms with Crippen LogP contribution in [0.25, 0.3) is 11.4 Å². The van der Waals surface area contributed by atoms with Crippen molar-refractivity contribution in [1.82, 2.24) is 20.8 Å². The minimum absolute atomic E-state index is 0.562. The first-order valence-corrected chi connectivity index (χ1v) is 9.19. The molecule has 0 aliphatic heterocycles. The number of halogens is 1. The molecule has 0 spiro atoms. The number of benzene rings is 2. The van der Waals surface area contributed by atoms with E-state index in [0.717, 1.165) is 24.5 Å². The van der Waals surface area contributed by atoms with Crippen LogP contribution in [0, 0.1) is 0 Å². The fourth-order valence-corrected chi connectivity index (χ4v) is 2.68. The first-order chi connectivity index (χ1) is 13.2. The van der Waals surface area contributed by atoms with Crippen LogP contribution in [0.4, 0.5) is 0 Å². The van der Waals surface area contributed by atoms with Crippen molar-refractivity contribution in [3.8, 4) is 11.4 Å². The molecule has 0 saturated heterocycles. The summed E-state index contributed by atoms with van der Waals surface area (Å²) in [7, 11) is 1.75. The van der Waals surface area contributed by atoms with Crippen molar-refractivity contribution < 1.29 is 4.52 Å². The van der Waals surface area contributed by atoms with Crippen LogP contribution < -0.4 is 10.6 Å². The van der Waals surface area contributed by atoms with E-state index in [4.69, 9.17) is 16.1 Å². The Labute approximate surface area is 163 Å². The number of guanidine groups is 1. The highest BCUT2D eigenvalue weighted by atomic mass is 35.5. The van der Waals surface area contributed by atoms with E-state index in [1.165, 1.54) is 5.56 Å². The van der Waals surface area contributed by atoms with Crippen molar-refractivity contribution >= 4 is 17.6 Å². The zero-order chi connectivity index (χ0) is 18.9. The maximum absolute atomic E-state index is 5.90. The van der Waals surface area contributed by atoms with Gasteiger partial charge < -0.3 is 15.2 Å². The molecule has 2 aromatic carbocycles. The molecular formula is C20H22ClN5O. The number of nitrogens with zero attached hydrogens (tertiary/aromatic N) is 3.